The van der Waals surface area contributed by atoms with Gasteiger partial charge in [-0.2, -0.15) is 0 Å². The topological polar surface area (TPSA) is 21.3 Å². The Morgan fingerprint density at radius 1 is 1.89 bits per heavy atom. The highest BCUT2D eigenvalue weighted by atomic mass is 32.2. The van der Waals surface area contributed by atoms with Crippen LogP contribution in [0.4, 0.5) is 0 Å². The monoisotopic (exact) mass is 181 g/mol. The Morgan fingerprint density at radius 3 is 3.11 bits per heavy atom. The van der Waals surface area contributed by atoms with E-state index in [9.17, 15) is 0 Å². The summed E-state index contributed by atoms with van der Waals surface area (Å²) in [7, 11) is 0. The van der Waals surface area contributed by atoms with Gasteiger partial charge in [-0.15, -0.1) is 11.8 Å². The molecule has 1 fully saturated rings. The molecule has 1 aliphatic rings. The van der Waals surface area contributed by atoms with Crippen LogP contribution in [0.3, 0.4) is 0 Å². The molecular formula is C4H7NOS3. The summed E-state index contributed by atoms with van der Waals surface area (Å²) < 4.78 is 5.37. The first kappa shape index (κ1) is 7.65. The molecule has 0 bridgehead atoms. The quantitative estimate of drug-likeness (QED) is 0.462. The fraction of sp³-hybridized carbons (Fsp3) is 0.750. The predicted molar refractivity (Wildman–Crippen MR) is 46.9 cm³/mol. The predicted octanol–water partition coefficient (Wildman–Crippen LogP) is 0.838. The normalized spacial score (nSPS) is 26.1. The van der Waals surface area contributed by atoms with E-state index in [1.807, 2.05) is 0 Å². The largest absolute Gasteiger partial charge is 0.450 e. The zero-order valence-corrected chi connectivity index (χ0v) is 7.19. The molecule has 1 aliphatic heterocycles. The number of ether oxygens (including phenoxy) is 1. The third-order valence-corrected chi connectivity index (χ3v) is 2.10. The smallest absolute Gasteiger partial charge is 0.219 e. The van der Waals surface area contributed by atoms with Crippen molar-refractivity contribution in [1.29, 1.82) is 0 Å². The third-order valence-electron chi connectivity index (χ3n) is 0.890. The van der Waals surface area contributed by atoms with E-state index < -0.39 is 0 Å². The Morgan fingerprint density at radius 2 is 2.67 bits per heavy atom. The summed E-state index contributed by atoms with van der Waals surface area (Å²) in [5, 5.41) is 3.09. The Hall–Kier alpha value is 0.550. The highest BCUT2D eigenvalue weighted by Gasteiger charge is 2.15. The van der Waals surface area contributed by atoms with Gasteiger partial charge in [0, 0.05) is 12.3 Å². The van der Waals surface area contributed by atoms with Crippen LogP contribution in [0.1, 0.15) is 0 Å². The zero-order chi connectivity index (χ0) is 6.69. The molecule has 1 saturated heterocycles. The average molecular weight is 181 g/mol. The van der Waals surface area contributed by atoms with Gasteiger partial charge in [0.05, 0.1) is 0 Å². The molecule has 0 saturated carbocycles. The maximum atomic E-state index is 5.06. The van der Waals surface area contributed by atoms with E-state index >= 15 is 0 Å². The molecule has 0 radical (unpaired) electrons. The molecule has 0 amide bonds. The van der Waals surface area contributed by atoms with E-state index in [1.54, 1.807) is 11.8 Å². The minimum absolute atomic E-state index is 0.0370. The van der Waals surface area contributed by atoms with Crippen LogP contribution in [-0.2, 0) is 4.74 Å². The molecule has 9 heavy (non-hydrogen) atoms. The van der Waals surface area contributed by atoms with Crippen LogP contribution in [0, 0.1) is 0 Å². The van der Waals surface area contributed by atoms with Crippen LogP contribution in [0.2, 0.25) is 0 Å². The van der Waals surface area contributed by atoms with Crippen LogP contribution >= 0.6 is 36.6 Å². The number of nitrogens with one attached hydrogen (secondary N) is 1. The number of thioether (sulfide) groups is 1. The van der Waals surface area contributed by atoms with Crippen molar-refractivity contribution in [2.75, 3.05) is 12.3 Å². The Kier molecular flexibility index (Phi) is 3.11. The second-order valence-electron chi connectivity index (χ2n) is 1.54. The van der Waals surface area contributed by atoms with Gasteiger partial charge in [0.2, 0.25) is 4.38 Å². The summed E-state index contributed by atoms with van der Waals surface area (Å²) >= 11 is 10.2. The Bertz CT molecular complexity index is 112. The molecule has 0 aliphatic carbocycles. The molecule has 0 aromatic carbocycles. The molecule has 1 N–H and O–H groups in total. The van der Waals surface area contributed by atoms with Crippen molar-refractivity contribution in [3.8, 4) is 0 Å². The first-order valence-corrected chi connectivity index (χ1v) is 4.44. The van der Waals surface area contributed by atoms with Gasteiger partial charge < -0.3 is 4.74 Å². The molecule has 1 heterocycles. The Balaban J connectivity index is 2.19. The van der Waals surface area contributed by atoms with E-state index in [0.29, 0.717) is 4.38 Å². The fourth-order valence-corrected chi connectivity index (χ4v) is 1.75. The molecule has 0 aromatic rings. The summed E-state index contributed by atoms with van der Waals surface area (Å²) in [6.45, 7) is 0.992. The molecule has 1 unspecified atom stereocenters. The molecule has 0 aromatic heterocycles. The Labute approximate surface area is 69.1 Å². The first-order chi connectivity index (χ1) is 4.29. The van der Waals surface area contributed by atoms with Gasteiger partial charge in [0.1, 0.15) is 0 Å². The fourth-order valence-electron chi connectivity index (χ4n) is 0.569. The molecule has 2 nitrogen and oxygen atoms in total. The van der Waals surface area contributed by atoms with E-state index in [0.717, 1.165) is 12.3 Å². The molecular weight excluding hydrogens is 174 g/mol. The first-order valence-electron chi connectivity index (χ1n) is 2.53. The zero-order valence-electron chi connectivity index (χ0n) is 4.66. The molecule has 5 heteroatoms. The summed E-state index contributed by atoms with van der Waals surface area (Å²) in [6.07, 6.45) is 0. The van der Waals surface area contributed by atoms with Gasteiger partial charge in [-0.05, 0) is 12.2 Å². The van der Waals surface area contributed by atoms with Crippen LogP contribution < -0.4 is 5.32 Å². The van der Waals surface area contributed by atoms with Gasteiger partial charge in [0.25, 0.3) is 0 Å². The third kappa shape index (κ3) is 2.75. The van der Waals surface area contributed by atoms with Gasteiger partial charge in [0.15, 0.2) is 5.56 Å². The van der Waals surface area contributed by atoms with E-state index in [2.05, 4.69) is 30.2 Å². The van der Waals surface area contributed by atoms with Crippen molar-refractivity contribution in [3.05, 3.63) is 0 Å². The lowest BCUT2D eigenvalue weighted by Gasteiger charge is -2.08. The molecule has 1 rings (SSSR count). The second-order valence-corrected chi connectivity index (χ2v) is 3.79. The summed E-state index contributed by atoms with van der Waals surface area (Å²) in [6, 6.07) is 0. The van der Waals surface area contributed by atoms with Crippen LogP contribution in [0.5, 0.6) is 0 Å². The standard InChI is InChI=1S/C4H7NOS3/c7-4(8)6-3-5-1-2-9-3/h3,5H,1-2H2,(H,7,8). The van der Waals surface area contributed by atoms with E-state index in [1.165, 1.54) is 0 Å². The van der Waals surface area contributed by atoms with Gasteiger partial charge in [-0.1, -0.05) is 12.6 Å². The van der Waals surface area contributed by atoms with E-state index in [4.69, 9.17) is 4.74 Å². The summed E-state index contributed by atoms with van der Waals surface area (Å²) in [4.78, 5) is 0. The van der Waals surface area contributed by atoms with Crippen LogP contribution in [-0.4, -0.2) is 22.2 Å². The lowest BCUT2D eigenvalue weighted by atomic mass is 10.8. The number of thiocarbonyl (C=S) groups is 1. The maximum Gasteiger partial charge on any atom is 0.219 e. The highest BCUT2D eigenvalue weighted by Crippen LogP contribution is 2.15. The SMILES string of the molecule is S=C(S)OC1NCCS1. The van der Waals surface area contributed by atoms with E-state index in [-0.39, 0.29) is 5.56 Å². The van der Waals surface area contributed by atoms with Crippen LogP contribution in [0.25, 0.3) is 0 Å². The maximum absolute atomic E-state index is 5.06. The molecule has 0 spiro atoms. The summed E-state index contributed by atoms with van der Waals surface area (Å²) in [5.74, 6) is 1.08. The van der Waals surface area contributed by atoms with Crippen molar-refractivity contribution in [2.24, 2.45) is 0 Å². The van der Waals surface area contributed by atoms with Gasteiger partial charge in [-0.3, -0.25) is 5.32 Å². The number of hydrogen-bond acceptors (Lipinski definition) is 4. The lowest BCUT2D eigenvalue weighted by molar-refractivity contribution is 0.263. The van der Waals surface area contributed by atoms with Gasteiger partial charge >= 0.3 is 0 Å². The van der Waals surface area contributed by atoms with Crippen molar-refractivity contribution in [3.63, 3.8) is 0 Å². The van der Waals surface area contributed by atoms with Crippen molar-refractivity contribution >= 4 is 41.0 Å². The average Bonchev–Trinajstić information content (AvgIpc) is 2.15. The van der Waals surface area contributed by atoms with Gasteiger partial charge in [-0.25, -0.2) is 0 Å². The molecule has 1 atom stereocenters. The number of hydrogen-bond donors (Lipinski definition) is 2. The lowest BCUT2D eigenvalue weighted by Crippen LogP contribution is -2.23. The number of rotatable bonds is 1. The van der Waals surface area contributed by atoms with Crippen molar-refractivity contribution < 1.29 is 4.74 Å². The number of thiol groups is 1. The molecule has 52 valence electrons. The van der Waals surface area contributed by atoms with Crippen LogP contribution in [0.15, 0.2) is 0 Å². The summed E-state index contributed by atoms with van der Waals surface area (Å²) in [5.41, 5.74) is 0.0370. The minimum atomic E-state index is 0.0370. The highest BCUT2D eigenvalue weighted by molar-refractivity contribution is 8.10. The minimum Gasteiger partial charge on any atom is -0.450 e. The second kappa shape index (κ2) is 3.65. The van der Waals surface area contributed by atoms with Crippen molar-refractivity contribution in [2.45, 2.75) is 5.56 Å². The van der Waals surface area contributed by atoms with Crippen molar-refractivity contribution in [1.82, 2.24) is 5.32 Å².